The Bertz CT molecular complexity index is 368. The molecule has 0 aromatic heterocycles. The van der Waals surface area contributed by atoms with Gasteiger partial charge in [0.25, 0.3) is 5.91 Å². The fourth-order valence-corrected chi connectivity index (χ4v) is 1.08. The van der Waals surface area contributed by atoms with E-state index in [2.05, 4.69) is 5.32 Å². The van der Waals surface area contributed by atoms with Crippen LogP contribution in [0.3, 0.4) is 0 Å². The van der Waals surface area contributed by atoms with E-state index in [9.17, 15) is 9.18 Å². The number of halogens is 1. The molecule has 1 aromatic carbocycles. The predicted molar refractivity (Wildman–Crippen MR) is 54.8 cm³/mol. The van der Waals surface area contributed by atoms with Gasteiger partial charge >= 0.3 is 0 Å². The molecule has 0 saturated heterocycles. The summed E-state index contributed by atoms with van der Waals surface area (Å²) >= 11 is 0. The Morgan fingerprint density at radius 1 is 1.67 bits per heavy atom. The minimum absolute atomic E-state index is 0.0790. The molecule has 15 heavy (non-hydrogen) atoms. The lowest BCUT2D eigenvalue weighted by atomic mass is 10.1. The third kappa shape index (κ3) is 2.66. The molecule has 5 heteroatoms. The molecule has 0 aliphatic heterocycles. The van der Waals surface area contributed by atoms with Gasteiger partial charge in [-0.1, -0.05) is 6.07 Å². The average Bonchev–Trinajstić information content (AvgIpc) is 2.21. The number of nitrogens with one attached hydrogen (secondary N) is 1. The number of nitrogen functional groups attached to an aromatic ring is 1. The second kappa shape index (κ2) is 4.75. The standard InChI is InChI=1S/C10H13FN2O2/c1-6(5-14)13-10(15)7-3-2-4-8(11)9(7)12/h2-4,6,14H,5,12H2,1H3,(H,13,15)/t6-/m0/s1. The van der Waals surface area contributed by atoms with Crippen LogP contribution in [-0.4, -0.2) is 23.7 Å². The summed E-state index contributed by atoms with van der Waals surface area (Å²) in [7, 11) is 0. The number of benzene rings is 1. The Kier molecular flexibility index (Phi) is 3.62. The molecule has 0 aliphatic carbocycles. The number of aliphatic hydroxyl groups is 1. The highest BCUT2D eigenvalue weighted by Gasteiger charge is 2.13. The molecule has 4 nitrogen and oxygen atoms in total. The van der Waals surface area contributed by atoms with Gasteiger partial charge in [0.05, 0.1) is 17.9 Å². The van der Waals surface area contributed by atoms with E-state index in [-0.39, 0.29) is 23.9 Å². The van der Waals surface area contributed by atoms with Gasteiger partial charge in [0.1, 0.15) is 5.82 Å². The molecule has 1 rings (SSSR count). The molecule has 1 aromatic rings. The summed E-state index contributed by atoms with van der Waals surface area (Å²) in [5, 5.41) is 11.2. The normalized spacial score (nSPS) is 12.2. The Balaban J connectivity index is 2.87. The molecule has 0 aliphatic rings. The summed E-state index contributed by atoms with van der Waals surface area (Å²) in [6.45, 7) is 1.45. The van der Waals surface area contributed by atoms with Gasteiger partial charge in [0, 0.05) is 6.04 Å². The van der Waals surface area contributed by atoms with Crippen LogP contribution in [0.4, 0.5) is 10.1 Å². The number of hydrogen-bond donors (Lipinski definition) is 3. The molecule has 82 valence electrons. The summed E-state index contributed by atoms with van der Waals surface area (Å²) in [5.41, 5.74) is 5.30. The van der Waals surface area contributed by atoms with Crippen molar-refractivity contribution in [3.63, 3.8) is 0 Å². The largest absolute Gasteiger partial charge is 0.396 e. The van der Waals surface area contributed by atoms with Gasteiger partial charge in [-0.05, 0) is 19.1 Å². The lowest BCUT2D eigenvalue weighted by molar-refractivity contribution is 0.0923. The highest BCUT2D eigenvalue weighted by Crippen LogP contribution is 2.15. The van der Waals surface area contributed by atoms with Crippen LogP contribution in [0.2, 0.25) is 0 Å². The topological polar surface area (TPSA) is 75.3 Å². The molecule has 1 amide bonds. The van der Waals surface area contributed by atoms with Crippen molar-refractivity contribution in [2.75, 3.05) is 12.3 Å². The van der Waals surface area contributed by atoms with Crippen LogP contribution in [0.15, 0.2) is 18.2 Å². The van der Waals surface area contributed by atoms with Crippen LogP contribution in [-0.2, 0) is 0 Å². The van der Waals surface area contributed by atoms with Crippen LogP contribution in [0.1, 0.15) is 17.3 Å². The summed E-state index contributed by atoms with van der Waals surface area (Å²) in [5.74, 6) is -1.12. The highest BCUT2D eigenvalue weighted by molar-refractivity contribution is 5.99. The van der Waals surface area contributed by atoms with Gasteiger partial charge in [-0.25, -0.2) is 4.39 Å². The quantitative estimate of drug-likeness (QED) is 0.639. The lowest BCUT2D eigenvalue weighted by Crippen LogP contribution is -2.35. The van der Waals surface area contributed by atoms with E-state index in [1.807, 2.05) is 0 Å². The minimum atomic E-state index is -0.626. The van der Waals surface area contributed by atoms with Gasteiger partial charge in [-0.2, -0.15) is 0 Å². The van der Waals surface area contributed by atoms with Crippen molar-refractivity contribution in [1.29, 1.82) is 0 Å². The summed E-state index contributed by atoms with van der Waals surface area (Å²) in [6, 6.07) is 3.63. The first kappa shape index (κ1) is 11.5. The molecule has 0 heterocycles. The van der Waals surface area contributed by atoms with Crippen LogP contribution in [0.25, 0.3) is 0 Å². The number of para-hydroxylation sites is 1. The maximum atomic E-state index is 13.0. The zero-order valence-corrected chi connectivity index (χ0v) is 8.33. The van der Waals surface area contributed by atoms with Gasteiger partial charge in [0.15, 0.2) is 0 Å². The van der Waals surface area contributed by atoms with E-state index in [1.165, 1.54) is 18.2 Å². The van der Waals surface area contributed by atoms with Crippen molar-refractivity contribution >= 4 is 11.6 Å². The molecule has 4 N–H and O–H groups in total. The van der Waals surface area contributed by atoms with Crippen molar-refractivity contribution in [3.8, 4) is 0 Å². The molecule has 1 atom stereocenters. The molecular formula is C10H13FN2O2. The Labute approximate surface area is 86.9 Å². The van der Waals surface area contributed by atoms with E-state index in [0.29, 0.717) is 0 Å². The number of aliphatic hydroxyl groups excluding tert-OH is 1. The first-order valence-corrected chi connectivity index (χ1v) is 4.52. The molecule has 0 spiro atoms. The van der Waals surface area contributed by atoms with Crippen LogP contribution in [0.5, 0.6) is 0 Å². The fourth-order valence-electron chi connectivity index (χ4n) is 1.08. The fraction of sp³-hybridized carbons (Fsp3) is 0.300. The van der Waals surface area contributed by atoms with Crippen LogP contribution in [0, 0.1) is 5.82 Å². The lowest BCUT2D eigenvalue weighted by Gasteiger charge is -2.12. The SMILES string of the molecule is C[C@@H](CO)NC(=O)c1cccc(F)c1N. The van der Waals surface area contributed by atoms with Crippen LogP contribution < -0.4 is 11.1 Å². The molecule has 0 unspecified atom stereocenters. The van der Waals surface area contributed by atoms with E-state index in [4.69, 9.17) is 10.8 Å². The van der Waals surface area contributed by atoms with Gasteiger partial charge < -0.3 is 16.2 Å². The smallest absolute Gasteiger partial charge is 0.253 e. The van der Waals surface area contributed by atoms with Gasteiger partial charge in [0.2, 0.25) is 0 Å². The number of amides is 1. The van der Waals surface area contributed by atoms with Crippen molar-refractivity contribution in [3.05, 3.63) is 29.6 Å². The molecule has 0 fully saturated rings. The maximum absolute atomic E-state index is 13.0. The third-order valence-corrected chi connectivity index (χ3v) is 1.95. The Morgan fingerprint density at radius 3 is 2.93 bits per heavy atom. The van der Waals surface area contributed by atoms with E-state index in [0.717, 1.165) is 0 Å². The predicted octanol–water partition coefficient (Wildman–Crippen LogP) is 0.519. The highest BCUT2D eigenvalue weighted by atomic mass is 19.1. The van der Waals surface area contributed by atoms with Gasteiger partial charge in [-0.3, -0.25) is 4.79 Å². The monoisotopic (exact) mass is 212 g/mol. The number of carbonyl (C=O) groups is 1. The van der Waals surface area contributed by atoms with Crippen molar-refractivity contribution < 1.29 is 14.3 Å². The first-order valence-electron chi connectivity index (χ1n) is 4.52. The molecular weight excluding hydrogens is 199 g/mol. The second-order valence-electron chi connectivity index (χ2n) is 3.26. The number of hydrogen-bond acceptors (Lipinski definition) is 3. The minimum Gasteiger partial charge on any atom is -0.396 e. The first-order chi connectivity index (χ1) is 7.06. The van der Waals surface area contributed by atoms with Crippen molar-refractivity contribution in [1.82, 2.24) is 5.32 Å². The van der Waals surface area contributed by atoms with Crippen molar-refractivity contribution in [2.45, 2.75) is 13.0 Å². The maximum Gasteiger partial charge on any atom is 0.253 e. The van der Waals surface area contributed by atoms with Crippen LogP contribution >= 0.6 is 0 Å². The van der Waals surface area contributed by atoms with E-state index in [1.54, 1.807) is 6.92 Å². The molecule has 0 radical (unpaired) electrons. The number of nitrogens with two attached hydrogens (primary N) is 1. The zero-order valence-electron chi connectivity index (χ0n) is 8.33. The van der Waals surface area contributed by atoms with Crippen molar-refractivity contribution in [2.24, 2.45) is 0 Å². The Hall–Kier alpha value is -1.62. The third-order valence-electron chi connectivity index (χ3n) is 1.95. The second-order valence-corrected chi connectivity index (χ2v) is 3.26. The summed E-state index contributed by atoms with van der Waals surface area (Å²) < 4.78 is 13.0. The average molecular weight is 212 g/mol. The summed E-state index contributed by atoms with van der Waals surface area (Å²) in [6.07, 6.45) is 0. The number of rotatable bonds is 3. The zero-order chi connectivity index (χ0) is 11.4. The number of anilines is 1. The molecule has 0 bridgehead atoms. The summed E-state index contributed by atoms with van der Waals surface area (Å²) in [4.78, 5) is 11.5. The number of carbonyl (C=O) groups excluding carboxylic acids is 1. The van der Waals surface area contributed by atoms with E-state index >= 15 is 0 Å². The van der Waals surface area contributed by atoms with Gasteiger partial charge in [-0.15, -0.1) is 0 Å². The Morgan fingerprint density at radius 2 is 2.33 bits per heavy atom. The van der Waals surface area contributed by atoms with E-state index < -0.39 is 11.7 Å². The molecule has 0 saturated carbocycles.